The normalized spacial score (nSPS) is 21.7. The average molecular weight is 338 g/mol. The Hall–Kier alpha value is -2.50. The van der Waals surface area contributed by atoms with Crippen LogP contribution in [0.4, 0.5) is 0 Å². The van der Waals surface area contributed by atoms with E-state index in [2.05, 4.69) is 15.0 Å². The minimum absolute atomic E-state index is 0.165. The van der Waals surface area contributed by atoms with E-state index in [0.29, 0.717) is 41.9 Å². The zero-order valence-corrected chi connectivity index (χ0v) is 14.4. The van der Waals surface area contributed by atoms with E-state index in [-0.39, 0.29) is 11.5 Å². The third-order valence-electron chi connectivity index (χ3n) is 5.48. The first kappa shape index (κ1) is 16.0. The molecule has 2 atom stereocenters. The summed E-state index contributed by atoms with van der Waals surface area (Å²) in [4.78, 5) is 38.4. The van der Waals surface area contributed by atoms with E-state index in [1.54, 1.807) is 18.5 Å². The van der Waals surface area contributed by atoms with Gasteiger partial charge in [0.2, 0.25) is 5.91 Å². The first-order valence-corrected chi connectivity index (χ1v) is 8.91. The average Bonchev–Trinajstić information content (AvgIpc) is 3.25. The van der Waals surface area contributed by atoms with E-state index in [4.69, 9.17) is 0 Å². The van der Waals surface area contributed by atoms with Crippen LogP contribution in [0.15, 0.2) is 29.3 Å². The number of hydrogen-bond acceptors (Lipinski definition) is 4. The molecule has 2 aromatic rings. The first-order chi connectivity index (χ1) is 12.1. The van der Waals surface area contributed by atoms with Crippen molar-refractivity contribution in [1.82, 2.24) is 19.9 Å². The molecule has 0 radical (unpaired) electrons. The predicted molar refractivity (Wildman–Crippen MR) is 94.0 cm³/mol. The lowest BCUT2D eigenvalue weighted by molar-refractivity contribution is -0.132. The Morgan fingerprint density at radius 3 is 2.92 bits per heavy atom. The molecule has 2 fully saturated rings. The SMILES string of the molecule is Cc1nc(-c2cccnc2)[nH]c(=O)c1CCC(=O)N1CC2CCC1C2. The monoisotopic (exact) mass is 338 g/mol. The fourth-order valence-corrected chi connectivity index (χ4v) is 4.15. The Morgan fingerprint density at radius 1 is 1.40 bits per heavy atom. The van der Waals surface area contributed by atoms with Crippen molar-refractivity contribution < 1.29 is 4.79 Å². The van der Waals surface area contributed by atoms with Gasteiger partial charge in [-0.3, -0.25) is 14.6 Å². The van der Waals surface area contributed by atoms with Gasteiger partial charge in [-0.1, -0.05) is 0 Å². The number of fused-ring (bicyclic) bond motifs is 2. The number of carbonyl (C=O) groups is 1. The highest BCUT2D eigenvalue weighted by Crippen LogP contribution is 2.37. The van der Waals surface area contributed by atoms with E-state index in [1.807, 2.05) is 17.9 Å². The molecule has 2 bridgehead atoms. The number of aromatic amines is 1. The summed E-state index contributed by atoms with van der Waals surface area (Å²) in [6.07, 6.45) is 7.72. The third-order valence-corrected chi connectivity index (χ3v) is 5.48. The molecule has 4 rings (SSSR count). The van der Waals surface area contributed by atoms with E-state index in [0.717, 1.165) is 24.9 Å². The number of aryl methyl sites for hydroxylation is 1. The molecule has 1 aliphatic carbocycles. The van der Waals surface area contributed by atoms with Gasteiger partial charge in [-0.25, -0.2) is 4.98 Å². The van der Waals surface area contributed by atoms with Gasteiger partial charge in [0, 0.05) is 48.2 Å². The van der Waals surface area contributed by atoms with Gasteiger partial charge in [-0.2, -0.15) is 0 Å². The standard InChI is InChI=1S/C19H22N4O2/c1-12-16(6-7-17(24)23-11-13-4-5-15(23)9-13)19(25)22-18(21-12)14-3-2-8-20-10-14/h2-3,8,10,13,15H,4-7,9,11H2,1H3,(H,21,22,25). The first-order valence-electron chi connectivity index (χ1n) is 8.91. The number of hydrogen-bond donors (Lipinski definition) is 1. The summed E-state index contributed by atoms with van der Waals surface area (Å²) in [6, 6.07) is 4.10. The number of nitrogens with zero attached hydrogens (tertiary/aromatic N) is 3. The highest BCUT2D eigenvalue weighted by molar-refractivity contribution is 5.77. The summed E-state index contributed by atoms with van der Waals surface area (Å²) in [5.41, 5.74) is 1.89. The Labute approximate surface area is 146 Å². The number of pyridine rings is 1. The van der Waals surface area contributed by atoms with Crippen LogP contribution in [0.1, 0.15) is 36.9 Å². The Balaban J connectivity index is 1.48. The molecule has 1 aliphatic heterocycles. The fourth-order valence-electron chi connectivity index (χ4n) is 4.15. The molecule has 2 aliphatic rings. The van der Waals surface area contributed by atoms with E-state index >= 15 is 0 Å². The van der Waals surface area contributed by atoms with Crippen LogP contribution in [0.5, 0.6) is 0 Å². The summed E-state index contributed by atoms with van der Waals surface area (Å²) in [6.45, 7) is 2.73. The van der Waals surface area contributed by atoms with Gasteiger partial charge in [-0.15, -0.1) is 0 Å². The van der Waals surface area contributed by atoms with Gasteiger partial charge >= 0.3 is 0 Å². The van der Waals surface area contributed by atoms with E-state index < -0.39 is 0 Å². The van der Waals surface area contributed by atoms with Gasteiger partial charge in [0.05, 0.1) is 0 Å². The summed E-state index contributed by atoms with van der Waals surface area (Å²) in [7, 11) is 0. The molecule has 1 N–H and O–H groups in total. The molecule has 6 nitrogen and oxygen atoms in total. The molecule has 1 saturated heterocycles. The maximum Gasteiger partial charge on any atom is 0.254 e. The van der Waals surface area contributed by atoms with Crippen molar-refractivity contribution in [2.45, 2.75) is 45.1 Å². The number of H-pyrrole nitrogens is 1. The maximum absolute atomic E-state index is 12.5. The molecular formula is C19H22N4O2. The minimum atomic E-state index is -0.165. The molecule has 6 heteroatoms. The van der Waals surface area contributed by atoms with Crippen molar-refractivity contribution in [1.29, 1.82) is 0 Å². The molecule has 130 valence electrons. The van der Waals surface area contributed by atoms with Crippen molar-refractivity contribution in [3.8, 4) is 11.4 Å². The summed E-state index contributed by atoms with van der Waals surface area (Å²) in [5.74, 6) is 1.38. The van der Waals surface area contributed by atoms with E-state index in [1.165, 1.54) is 6.42 Å². The molecule has 2 aromatic heterocycles. The van der Waals surface area contributed by atoms with Crippen LogP contribution in [0.3, 0.4) is 0 Å². The number of piperidine rings is 1. The fraction of sp³-hybridized carbons (Fsp3) is 0.474. The molecule has 1 saturated carbocycles. The lowest BCUT2D eigenvalue weighted by Crippen LogP contribution is -2.38. The van der Waals surface area contributed by atoms with Crippen molar-refractivity contribution in [2.24, 2.45) is 5.92 Å². The van der Waals surface area contributed by atoms with E-state index in [9.17, 15) is 9.59 Å². The van der Waals surface area contributed by atoms with Crippen LogP contribution in [0.2, 0.25) is 0 Å². The smallest absolute Gasteiger partial charge is 0.254 e. The predicted octanol–water partition coefficient (Wildman–Crippen LogP) is 2.08. The van der Waals surface area contributed by atoms with Crippen LogP contribution in [0.25, 0.3) is 11.4 Å². The second kappa shape index (κ2) is 6.43. The Morgan fingerprint density at radius 2 is 2.28 bits per heavy atom. The second-order valence-corrected chi connectivity index (χ2v) is 7.10. The van der Waals surface area contributed by atoms with Gasteiger partial charge < -0.3 is 9.88 Å². The van der Waals surface area contributed by atoms with Gasteiger partial charge in [-0.05, 0) is 50.7 Å². The highest BCUT2D eigenvalue weighted by atomic mass is 16.2. The highest BCUT2D eigenvalue weighted by Gasteiger charge is 2.39. The number of aromatic nitrogens is 3. The number of likely N-dealkylation sites (tertiary alicyclic amines) is 1. The molecule has 25 heavy (non-hydrogen) atoms. The number of amides is 1. The van der Waals surface area contributed by atoms with Crippen molar-refractivity contribution in [3.63, 3.8) is 0 Å². The Bertz CT molecular complexity index is 846. The van der Waals surface area contributed by atoms with Crippen molar-refractivity contribution >= 4 is 5.91 Å². The number of nitrogens with one attached hydrogen (secondary N) is 1. The molecule has 1 amide bonds. The van der Waals surface area contributed by atoms with Crippen LogP contribution in [-0.4, -0.2) is 38.3 Å². The maximum atomic E-state index is 12.5. The molecule has 2 unspecified atom stereocenters. The molecular weight excluding hydrogens is 316 g/mol. The van der Waals surface area contributed by atoms with Gasteiger partial charge in [0.25, 0.3) is 5.56 Å². The quantitative estimate of drug-likeness (QED) is 0.926. The number of rotatable bonds is 4. The van der Waals surface area contributed by atoms with Crippen LogP contribution in [-0.2, 0) is 11.2 Å². The zero-order valence-electron chi connectivity index (χ0n) is 14.4. The van der Waals surface area contributed by atoms with Gasteiger partial charge in [0.1, 0.15) is 5.82 Å². The van der Waals surface area contributed by atoms with Crippen LogP contribution >= 0.6 is 0 Å². The lowest BCUT2D eigenvalue weighted by Gasteiger charge is -2.27. The topological polar surface area (TPSA) is 79.0 Å². The third kappa shape index (κ3) is 3.08. The second-order valence-electron chi connectivity index (χ2n) is 7.10. The molecule has 3 heterocycles. The lowest BCUT2D eigenvalue weighted by atomic mass is 10.1. The van der Waals surface area contributed by atoms with Crippen LogP contribution in [0, 0.1) is 12.8 Å². The Kier molecular flexibility index (Phi) is 4.11. The zero-order chi connectivity index (χ0) is 17.4. The van der Waals surface area contributed by atoms with Crippen LogP contribution < -0.4 is 5.56 Å². The van der Waals surface area contributed by atoms with Gasteiger partial charge in [0.15, 0.2) is 0 Å². The number of carbonyl (C=O) groups excluding carboxylic acids is 1. The van der Waals surface area contributed by atoms with Crippen molar-refractivity contribution in [2.75, 3.05) is 6.54 Å². The minimum Gasteiger partial charge on any atom is -0.339 e. The largest absolute Gasteiger partial charge is 0.339 e. The van der Waals surface area contributed by atoms with Crippen molar-refractivity contribution in [3.05, 3.63) is 46.1 Å². The molecule has 0 aromatic carbocycles. The molecule has 0 spiro atoms. The summed E-state index contributed by atoms with van der Waals surface area (Å²) in [5, 5.41) is 0. The summed E-state index contributed by atoms with van der Waals surface area (Å²) >= 11 is 0. The summed E-state index contributed by atoms with van der Waals surface area (Å²) < 4.78 is 0.